The van der Waals surface area contributed by atoms with Crippen LogP contribution in [0.2, 0.25) is 0 Å². The first-order valence-corrected chi connectivity index (χ1v) is 18.1. The fourth-order valence-corrected chi connectivity index (χ4v) is 8.44. The number of thiazole rings is 2. The fourth-order valence-electron chi connectivity index (χ4n) is 6.05. The molecule has 2 aliphatic rings. The largest absolute Gasteiger partial charge is 0.421 e. The van der Waals surface area contributed by atoms with Gasteiger partial charge in [-0.3, -0.25) is 14.9 Å². The van der Waals surface area contributed by atoms with Crippen LogP contribution in [0, 0.1) is 18.8 Å². The summed E-state index contributed by atoms with van der Waals surface area (Å²) in [6.45, 7) is 3.69. The summed E-state index contributed by atoms with van der Waals surface area (Å²) in [7, 11) is 0. The van der Waals surface area contributed by atoms with E-state index in [1.807, 2.05) is 73.7 Å². The number of nitrogens with one attached hydrogen (secondary N) is 2. The molecule has 0 spiro atoms. The zero-order valence-corrected chi connectivity index (χ0v) is 30.0. The zero-order chi connectivity index (χ0) is 33.8. The number of aryl methyl sites for hydroxylation is 1. The molecule has 2 atom stereocenters. The molecule has 0 saturated carbocycles. The number of halogens is 1. The average Bonchev–Trinajstić information content (AvgIpc) is 3.83. The number of amides is 2. The van der Waals surface area contributed by atoms with Crippen LogP contribution in [0.15, 0.2) is 109 Å². The number of oxazole rings is 1. The van der Waals surface area contributed by atoms with Crippen molar-refractivity contribution < 1.29 is 14.0 Å². The standard InChI is InChI=1S/C36H25BrN6O3S3/c1-17(39-27-9-10-28-31(33(27)47)38-16-48-28)40-34(44)20-7-6-19-4-3-5-24(25(19)15-20)21-12-22(14-23(37)13-21)35(45)43-36-42-26-8-11-29-30(32(26)46-36)41-18(2)49-29/h3-16,19,25,47H,1-2H3,(H,39,40,44)(H,42,43,45). The van der Waals surface area contributed by atoms with Crippen LogP contribution in [0.25, 0.3) is 37.1 Å². The molecule has 0 aliphatic heterocycles. The quantitative estimate of drug-likeness (QED) is 0.0915. The molecular formula is C36H25BrN6O3S3. The first kappa shape index (κ1) is 31.6. The van der Waals surface area contributed by atoms with Gasteiger partial charge in [0.05, 0.1) is 36.0 Å². The maximum atomic E-state index is 13.5. The molecule has 3 heterocycles. The molecule has 13 heteroatoms. The highest BCUT2D eigenvalue weighted by Crippen LogP contribution is 2.40. The van der Waals surface area contributed by atoms with E-state index in [2.05, 4.69) is 65.2 Å². The van der Waals surface area contributed by atoms with Crippen LogP contribution in [0.5, 0.6) is 0 Å². The van der Waals surface area contributed by atoms with Gasteiger partial charge in [-0.25, -0.2) is 15.0 Å². The highest BCUT2D eigenvalue weighted by atomic mass is 79.9. The van der Waals surface area contributed by atoms with Crippen molar-refractivity contribution in [3.63, 3.8) is 0 Å². The Bertz CT molecular complexity index is 2520. The van der Waals surface area contributed by atoms with Crippen LogP contribution >= 0.6 is 51.2 Å². The molecular weight excluding hydrogens is 741 g/mol. The molecule has 0 bridgehead atoms. The van der Waals surface area contributed by atoms with E-state index in [1.165, 1.54) is 11.3 Å². The predicted octanol–water partition coefficient (Wildman–Crippen LogP) is 9.21. The fraction of sp³-hybridized carbons (Fsp3) is 0.111. The third kappa shape index (κ3) is 6.07. The number of benzene rings is 3. The molecule has 6 aromatic rings. The molecule has 8 rings (SSSR count). The van der Waals surface area contributed by atoms with Crippen molar-refractivity contribution in [3.8, 4) is 0 Å². The number of hydrogen-bond donors (Lipinski definition) is 3. The summed E-state index contributed by atoms with van der Waals surface area (Å²) < 4.78 is 8.71. The molecule has 49 heavy (non-hydrogen) atoms. The number of thiol groups is 1. The van der Waals surface area contributed by atoms with Gasteiger partial charge in [-0.15, -0.1) is 35.3 Å². The molecule has 2 amide bonds. The van der Waals surface area contributed by atoms with E-state index in [4.69, 9.17) is 4.42 Å². The summed E-state index contributed by atoms with van der Waals surface area (Å²) in [5, 5.41) is 6.65. The first-order valence-electron chi connectivity index (χ1n) is 15.2. The van der Waals surface area contributed by atoms with Gasteiger partial charge in [-0.2, -0.15) is 4.98 Å². The van der Waals surface area contributed by atoms with E-state index in [9.17, 15) is 9.59 Å². The minimum atomic E-state index is -0.365. The Balaban J connectivity index is 1.03. The molecule has 2 N–H and O–H groups in total. The number of allylic oxidation sites excluding steroid dienone is 6. The lowest BCUT2D eigenvalue weighted by molar-refractivity contribution is -0.115. The SMILES string of the molecule is CC(=Nc1ccc2scnc2c1S)NC(=O)C1=CC2C(c3cc(Br)cc(C(=O)Nc4nc5ccc6sc(C)nc6c5o4)c3)=CC=CC2C=C1. The normalized spacial score (nSPS) is 17.3. The second-order valence-corrected chi connectivity index (χ2v) is 15.1. The first-order chi connectivity index (χ1) is 23.7. The lowest BCUT2D eigenvalue weighted by Crippen LogP contribution is -2.30. The number of aliphatic imine (C=N–C) groups is 1. The molecule has 0 fully saturated rings. The number of hydrogen-bond acceptors (Lipinski definition) is 10. The Morgan fingerprint density at radius 3 is 2.78 bits per heavy atom. The van der Waals surface area contributed by atoms with Crippen molar-refractivity contribution in [2.24, 2.45) is 16.8 Å². The van der Waals surface area contributed by atoms with Gasteiger partial charge in [-0.05, 0) is 67.4 Å². The van der Waals surface area contributed by atoms with E-state index in [0.717, 1.165) is 41.1 Å². The lowest BCUT2D eigenvalue weighted by Gasteiger charge is -2.29. The number of aromatic nitrogens is 3. The molecule has 9 nitrogen and oxygen atoms in total. The van der Waals surface area contributed by atoms with Gasteiger partial charge in [0.15, 0.2) is 5.58 Å². The second kappa shape index (κ2) is 12.6. The third-order valence-electron chi connectivity index (χ3n) is 8.27. The van der Waals surface area contributed by atoms with Gasteiger partial charge in [0.2, 0.25) is 0 Å². The van der Waals surface area contributed by atoms with Gasteiger partial charge < -0.3 is 9.73 Å². The summed E-state index contributed by atoms with van der Waals surface area (Å²) in [4.78, 5) is 45.6. The number of carbonyl (C=O) groups excluding carboxylic acids is 2. The third-order valence-corrected chi connectivity index (χ3v) is 10.9. The second-order valence-electron chi connectivity index (χ2n) is 11.6. The number of rotatable bonds is 5. The molecule has 0 radical (unpaired) electrons. The molecule has 2 unspecified atom stereocenters. The number of nitrogens with zero attached hydrogens (tertiary/aromatic N) is 4. The number of anilines is 1. The van der Waals surface area contributed by atoms with Gasteiger partial charge in [0.25, 0.3) is 11.8 Å². The van der Waals surface area contributed by atoms with Crippen LogP contribution in [-0.2, 0) is 4.79 Å². The van der Waals surface area contributed by atoms with Crippen LogP contribution in [0.3, 0.4) is 0 Å². The summed E-state index contributed by atoms with van der Waals surface area (Å²) in [6.07, 6.45) is 12.0. The summed E-state index contributed by atoms with van der Waals surface area (Å²) in [5.74, 6) is -0.271. The van der Waals surface area contributed by atoms with Crippen molar-refractivity contribution >= 4 is 118 Å². The molecule has 3 aromatic carbocycles. The van der Waals surface area contributed by atoms with Crippen molar-refractivity contribution in [3.05, 3.63) is 111 Å². The minimum absolute atomic E-state index is 0.0464. The van der Waals surface area contributed by atoms with E-state index in [0.29, 0.717) is 38.7 Å². The van der Waals surface area contributed by atoms with Gasteiger partial charge in [0, 0.05) is 27.4 Å². The average molecular weight is 766 g/mol. The smallest absolute Gasteiger partial charge is 0.302 e. The van der Waals surface area contributed by atoms with E-state index in [1.54, 1.807) is 29.8 Å². The van der Waals surface area contributed by atoms with Crippen molar-refractivity contribution in [2.75, 3.05) is 5.32 Å². The van der Waals surface area contributed by atoms with Crippen molar-refractivity contribution in [1.82, 2.24) is 20.3 Å². The van der Waals surface area contributed by atoms with Crippen LogP contribution < -0.4 is 10.6 Å². The summed E-state index contributed by atoms with van der Waals surface area (Å²) in [5.41, 5.74) is 7.85. The van der Waals surface area contributed by atoms with Crippen LogP contribution in [-0.4, -0.2) is 32.6 Å². The Hall–Kier alpha value is -4.69. The Labute approximate surface area is 301 Å². The number of amidine groups is 1. The maximum absolute atomic E-state index is 13.5. The van der Waals surface area contributed by atoms with E-state index >= 15 is 0 Å². The summed E-state index contributed by atoms with van der Waals surface area (Å²) >= 11 is 11.3. The van der Waals surface area contributed by atoms with Crippen molar-refractivity contribution in [1.29, 1.82) is 0 Å². The maximum Gasteiger partial charge on any atom is 0.302 e. The molecule has 242 valence electrons. The van der Waals surface area contributed by atoms with E-state index < -0.39 is 0 Å². The van der Waals surface area contributed by atoms with E-state index in [-0.39, 0.29) is 29.7 Å². The highest BCUT2D eigenvalue weighted by molar-refractivity contribution is 9.10. The predicted molar refractivity (Wildman–Crippen MR) is 203 cm³/mol. The van der Waals surface area contributed by atoms with Crippen molar-refractivity contribution in [2.45, 2.75) is 18.7 Å². The minimum Gasteiger partial charge on any atom is -0.421 e. The Morgan fingerprint density at radius 1 is 1.04 bits per heavy atom. The van der Waals surface area contributed by atoms with Crippen LogP contribution in [0.1, 0.15) is 27.9 Å². The van der Waals surface area contributed by atoms with Crippen LogP contribution in [0.4, 0.5) is 11.7 Å². The van der Waals surface area contributed by atoms with Gasteiger partial charge in [0.1, 0.15) is 16.9 Å². The number of carbonyl (C=O) groups is 2. The summed E-state index contributed by atoms with van der Waals surface area (Å²) in [6, 6.07) is 13.3. The number of fused-ring (bicyclic) bond motifs is 5. The monoisotopic (exact) mass is 764 g/mol. The Kier molecular flexibility index (Phi) is 8.15. The van der Waals surface area contributed by atoms with Gasteiger partial charge >= 0.3 is 6.01 Å². The Morgan fingerprint density at radius 2 is 1.90 bits per heavy atom. The van der Waals surface area contributed by atoms with Gasteiger partial charge in [-0.1, -0.05) is 52.4 Å². The molecule has 2 aliphatic carbocycles. The zero-order valence-electron chi connectivity index (χ0n) is 25.9. The topological polar surface area (TPSA) is 122 Å². The highest BCUT2D eigenvalue weighted by Gasteiger charge is 2.28. The molecule has 3 aromatic heterocycles. The molecule has 0 saturated heterocycles. The lowest BCUT2D eigenvalue weighted by atomic mass is 9.75.